The van der Waals surface area contributed by atoms with E-state index in [4.69, 9.17) is 4.74 Å². The third kappa shape index (κ3) is 1.35. The van der Waals surface area contributed by atoms with E-state index in [1.165, 1.54) is 24.8 Å². The third-order valence-corrected chi connectivity index (χ3v) is 6.74. The van der Waals surface area contributed by atoms with Crippen LogP contribution in [0.4, 0.5) is 0 Å². The molecule has 0 amide bonds. The number of methoxy groups -OCH3 is 1. The number of allylic oxidation sites excluding steroid dienone is 1. The Labute approximate surface area is 107 Å². The summed E-state index contributed by atoms with van der Waals surface area (Å²) in [5.74, 6) is 0.598. The van der Waals surface area contributed by atoms with E-state index in [0.717, 1.165) is 0 Å². The normalized spacial score (nSPS) is 49.2. The van der Waals surface area contributed by atoms with Crippen molar-refractivity contribution in [1.29, 1.82) is 0 Å². The van der Waals surface area contributed by atoms with Gasteiger partial charge in [-0.15, -0.1) is 0 Å². The lowest BCUT2D eigenvalue weighted by Crippen LogP contribution is -2.57. The first-order valence-electron chi connectivity index (χ1n) is 6.91. The van der Waals surface area contributed by atoms with E-state index in [1.807, 2.05) is 7.11 Å². The van der Waals surface area contributed by atoms with Gasteiger partial charge >= 0.3 is 0 Å². The van der Waals surface area contributed by atoms with Gasteiger partial charge in [0.2, 0.25) is 0 Å². The highest BCUT2D eigenvalue weighted by molar-refractivity contribution is 5.25. The predicted molar refractivity (Wildman–Crippen MR) is 72.9 cm³/mol. The molecule has 2 aliphatic rings. The molecule has 0 aromatic heterocycles. The van der Waals surface area contributed by atoms with Crippen LogP contribution in [0.2, 0.25) is 0 Å². The van der Waals surface area contributed by atoms with Crippen LogP contribution in [0.3, 0.4) is 0 Å². The first kappa shape index (κ1) is 13.1. The van der Waals surface area contributed by atoms with Gasteiger partial charge in [0.05, 0.1) is 6.10 Å². The second kappa shape index (κ2) is 3.60. The van der Waals surface area contributed by atoms with Gasteiger partial charge in [0.25, 0.3) is 0 Å². The maximum atomic E-state index is 5.78. The van der Waals surface area contributed by atoms with E-state index < -0.39 is 0 Å². The Balaban J connectivity index is 2.52. The SMILES string of the molecule is C=C1C[C@@]2(C)CC[C@H](OC)C(C)(C)[C@@]2(C)[C@@H]1C. The van der Waals surface area contributed by atoms with Crippen molar-refractivity contribution < 1.29 is 4.74 Å². The van der Waals surface area contributed by atoms with Gasteiger partial charge < -0.3 is 4.74 Å². The van der Waals surface area contributed by atoms with Gasteiger partial charge in [-0.2, -0.15) is 0 Å². The Bertz CT molecular complexity index is 343. The molecule has 1 nitrogen and oxygen atoms in total. The quantitative estimate of drug-likeness (QED) is 0.612. The lowest BCUT2D eigenvalue weighted by molar-refractivity contribution is -0.168. The molecule has 4 atom stereocenters. The summed E-state index contributed by atoms with van der Waals surface area (Å²) in [5.41, 5.74) is 2.37. The van der Waals surface area contributed by atoms with Crippen LogP contribution in [0.15, 0.2) is 12.2 Å². The summed E-state index contributed by atoms with van der Waals surface area (Å²) in [5, 5.41) is 0. The van der Waals surface area contributed by atoms with Crippen molar-refractivity contribution in [2.75, 3.05) is 7.11 Å². The first-order chi connectivity index (χ1) is 7.70. The van der Waals surface area contributed by atoms with Crippen molar-refractivity contribution in [3.63, 3.8) is 0 Å². The van der Waals surface area contributed by atoms with E-state index in [1.54, 1.807) is 0 Å². The molecule has 98 valence electrons. The summed E-state index contributed by atoms with van der Waals surface area (Å²) in [6.45, 7) is 16.4. The molecule has 2 rings (SSSR count). The van der Waals surface area contributed by atoms with E-state index in [9.17, 15) is 0 Å². The monoisotopic (exact) mass is 236 g/mol. The summed E-state index contributed by atoms with van der Waals surface area (Å²) in [4.78, 5) is 0. The van der Waals surface area contributed by atoms with Gasteiger partial charge in [0.15, 0.2) is 0 Å². The van der Waals surface area contributed by atoms with E-state index in [0.29, 0.717) is 22.9 Å². The van der Waals surface area contributed by atoms with Crippen molar-refractivity contribution in [2.45, 2.75) is 60.0 Å². The van der Waals surface area contributed by atoms with Crippen LogP contribution < -0.4 is 0 Å². The number of hydrogen-bond donors (Lipinski definition) is 0. The van der Waals surface area contributed by atoms with Gasteiger partial charge in [-0.05, 0) is 41.4 Å². The minimum atomic E-state index is 0.216. The second-order valence-electron chi connectivity index (χ2n) is 7.30. The number of rotatable bonds is 1. The van der Waals surface area contributed by atoms with Crippen LogP contribution in [0.1, 0.15) is 53.9 Å². The van der Waals surface area contributed by atoms with Crippen LogP contribution in [-0.4, -0.2) is 13.2 Å². The van der Waals surface area contributed by atoms with Crippen molar-refractivity contribution in [3.8, 4) is 0 Å². The lowest BCUT2D eigenvalue weighted by atomic mass is 9.46. The Morgan fingerprint density at radius 3 is 2.35 bits per heavy atom. The van der Waals surface area contributed by atoms with Crippen molar-refractivity contribution in [3.05, 3.63) is 12.2 Å². The first-order valence-corrected chi connectivity index (χ1v) is 6.91. The number of ether oxygens (including phenoxy) is 1. The van der Waals surface area contributed by atoms with Gasteiger partial charge in [-0.25, -0.2) is 0 Å². The molecule has 0 radical (unpaired) electrons. The molecule has 0 unspecified atom stereocenters. The fourth-order valence-corrected chi connectivity index (χ4v) is 5.01. The summed E-state index contributed by atoms with van der Waals surface area (Å²) in [6.07, 6.45) is 4.04. The fourth-order valence-electron chi connectivity index (χ4n) is 5.01. The summed E-state index contributed by atoms with van der Waals surface area (Å²) in [7, 11) is 1.87. The van der Waals surface area contributed by atoms with Crippen molar-refractivity contribution in [1.82, 2.24) is 0 Å². The smallest absolute Gasteiger partial charge is 0.0628 e. The summed E-state index contributed by atoms with van der Waals surface area (Å²) in [6, 6.07) is 0. The molecule has 0 bridgehead atoms. The molecular weight excluding hydrogens is 208 g/mol. The van der Waals surface area contributed by atoms with Gasteiger partial charge in [-0.3, -0.25) is 0 Å². The molecule has 0 saturated heterocycles. The van der Waals surface area contributed by atoms with Gasteiger partial charge in [0, 0.05) is 7.11 Å². The molecule has 2 fully saturated rings. The third-order valence-electron chi connectivity index (χ3n) is 6.74. The minimum absolute atomic E-state index is 0.216. The largest absolute Gasteiger partial charge is 0.381 e. The molecule has 0 N–H and O–H groups in total. The van der Waals surface area contributed by atoms with E-state index in [-0.39, 0.29) is 5.41 Å². The van der Waals surface area contributed by atoms with Crippen LogP contribution >= 0.6 is 0 Å². The topological polar surface area (TPSA) is 9.23 Å². The average Bonchev–Trinajstić information content (AvgIpc) is 2.41. The molecule has 0 aromatic carbocycles. The van der Waals surface area contributed by atoms with Gasteiger partial charge in [0.1, 0.15) is 0 Å². The van der Waals surface area contributed by atoms with Crippen LogP contribution in [0.25, 0.3) is 0 Å². The summed E-state index contributed by atoms with van der Waals surface area (Å²) < 4.78 is 5.78. The molecule has 0 aromatic rings. The Morgan fingerprint density at radius 2 is 1.82 bits per heavy atom. The molecule has 2 aliphatic carbocycles. The van der Waals surface area contributed by atoms with E-state index in [2.05, 4.69) is 41.2 Å². The number of fused-ring (bicyclic) bond motifs is 1. The molecule has 0 aliphatic heterocycles. The highest BCUT2D eigenvalue weighted by Gasteiger charge is 2.65. The molecule has 0 spiro atoms. The number of hydrogen-bond acceptors (Lipinski definition) is 1. The molecule has 1 heteroatoms. The fraction of sp³-hybridized carbons (Fsp3) is 0.875. The zero-order valence-electron chi connectivity index (χ0n) is 12.4. The highest BCUT2D eigenvalue weighted by Crippen LogP contribution is 2.71. The zero-order chi connectivity index (χ0) is 13.1. The van der Waals surface area contributed by atoms with Crippen molar-refractivity contribution in [2.24, 2.45) is 22.2 Å². The Morgan fingerprint density at radius 1 is 1.24 bits per heavy atom. The molecule has 2 saturated carbocycles. The Hall–Kier alpha value is -0.300. The standard InChI is InChI=1S/C16H28O/c1-11-10-15(5)9-8-13(17-7)14(3,4)16(15,6)12(11)2/h12-13H,1,8-10H2,2-7H3/t12-,13+,15-,16-/m1/s1. The molecular formula is C16H28O. The van der Waals surface area contributed by atoms with Crippen LogP contribution in [0.5, 0.6) is 0 Å². The molecule has 0 heterocycles. The lowest BCUT2D eigenvalue weighted by Gasteiger charge is -2.60. The van der Waals surface area contributed by atoms with E-state index >= 15 is 0 Å². The maximum absolute atomic E-state index is 5.78. The minimum Gasteiger partial charge on any atom is -0.381 e. The summed E-state index contributed by atoms with van der Waals surface area (Å²) >= 11 is 0. The van der Waals surface area contributed by atoms with Gasteiger partial charge in [-0.1, -0.05) is 46.8 Å². The second-order valence-corrected chi connectivity index (χ2v) is 7.30. The van der Waals surface area contributed by atoms with Crippen molar-refractivity contribution >= 4 is 0 Å². The average molecular weight is 236 g/mol. The zero-order valence-corrected chi connectivity index (χ0v) is 12.4. The van der Waals surface area contributed by atoms with Crippen LogP contribution in [-0.2, 0) is 4.74 Å². The highest BCUT2D eigenvalue weighted by atomic mass is 16.5. The predicted octanol–water partition coefficient (Wildman–Crippen LogP) is 4.43. The Kier molecular flexibility index (Phi) is 2.78. The maximum Gasteiger partial charge on any atom is 0.0628 e. The van der Waals surface area contributed by atoms with Crippen LogP contribution in [0, 0.1) is 22.2 Å². The molecule has 17 heavy (non-hydrogen) atoms.